The molecule has 0 spiro atoms. The van der Waals surface area contributed by atoms with Crippen molar-refractivity contribution in [3.05, 3.63) is 28.4 Å². The fourth-order valence-corrected chi connectivity index (χ4v) is 1.03. The Kier molecular flexibility index (Phi) is 3.01. The maximum absolute atomic E-state index is 11.3. The topological polar surface area (TPSA) is 72.2 Å². The lowest BCUT2D eigenvalue weighted by atomic mass is 10.2. The Hall–Kier alpha value is -1.65. The SMILES string of the molecule is Cc1cc(=O)n(CC(C)C(=O)O)cn1. The third kappa shape index (κ3) is 2.42. The van der Waals surface area contributed by atoms with Crippen LogP contribution in [0.5, 0.6) is 0 Å². The first kappa shape index (κ1) is 10.4. The van der Waals surface area contributed by atoms with Gasteiger partial charge in [0.25, 0.3) is 5.56 Å². The molecule has 1 heterocycles. The summed E-state index contributed by atoms with van der Waals surface area (Å²) in [7, 11) is 0. The summed E-state index contributed by atoms with van der Waals surface area (Å²) in [6.45, 7) is 3.42. The zero-order valence-electron chi connectivity index (χ0n) is 8.10. The molecule has 0 aromatic carbocycles. The van der Waals surface area contributed by atoms with E-state index in [0.717, 1.165) is 0 Å². The number of aryl methyl sites for hydroxylation is 1. The van der Waals surface area contributed by atoms with Gasteiger partial charge in [-0.2, -0.15) is 0 Å². The molecule has 5 nitrogen and oxygen atoms in total. The van der Waals surface area contributed by atoms with Crippen molar-refractivity contribution in [1.82, 2.24) is 9.55 Å². The number of aromatic nitrogens is 2. The van der Waals surface area contributed by atoms with Gasteiger partial charge < -0.3 is 5.11 Å². The van der Waals surface area contributed by atoms with Crippen molar-refractivity contribution in [2.24, 2.45) is 5.92 Å². The zero-order chi connectivity index (χ0) is 10.7. The molecule has 1 N–H and O–H groups in total. The van der Waals surface area contributed by atoms with E-state index in [2.05, 4.69) is 4.98 Å². The number of carboxylic acids is 1. The number of carboxylic acid groups (broad SMARTS) is 1. The van der Waals surface area contributed by atoms with E-state index in [-0.39, 0.29) is 12.1 Å². The monoisotopic (exact) mass is 196 g/mol. The van der Waals surface area contributed by atoms with Crippen molar-refractivity contribution in [1.29, 1.82) is 0 Å². The van der Waals surface area contributed by atoms with E-state index in [1.165, 1.54) is 17.0 Å². The predicted octanol–water partition coefficient (Wildman–Crippen LogP) is 0.272. The summed E-state index contributed by atoms with van der Waals surface area (Å²) < 4.78 is 1.30. The molecular weight excluding hydrogens is 184 g/mol. The van der Waals surface area contributed by atoms with Gasteiger partial charge in [-0.05, 0) is 6.92 Å². The second-order valence-corrected chi connectivity index (χ2v) is 3.26. The lowest BCUT2D eigenvalue weighted by molar-refractivity contribution is -0.141. The first-order valence-electron chi connectivity index (χ1n) is 4.26. The lowest BCUT2D eigenvalue weighted by Gasteiger charge is -2.08. The van der Waals surface area contributed by atoms with Crippen LogP contribution in [0.25, 0.3) is 0 Å². The summed E-state index contributed by atoms with van der Waals surface area (Å²) in [6, 6.07) is 1.38. The Bertz CT molecular complexity index is 397. The Morgan fingerprint density at radius 2 is 2.36 bits per heavy atom. The van der Waals surface area contributed by atoms with Crippen LogP contribution in [0.1, 0.15) is 12.6 Å². The van der Waals surface area contributed by atoms with Crippen molar-refractivity contribution >= 4 is 5.97 Å². The molecule has 1 rings (SSSR count). The van der Waals surface area contributed by atoms with Gasteiger partial charge in [-0.15, -0.1) is 0 Å². The molecule has 1 aromatic rings. The van der Waals surface area contributed by atoms with Crippen LogP contribution in [0.2, 0.25) is 0 Å². The predicted molar refractivity (Wildman–Crippen MR) is 50.0 cm³/mol. The second-order valence-electron chi connectivity index (χ2n) is 3.26. The third-order valence-electron chi connectivity index (χ3n) is 1.91. The van der Waals surface area contributed by atoms with Crippen molar-refractivity contribution in [2.75, 3.05) is 0 Å². The van der Waals surface area contributed by atoms with Gasteiger partial charge in [-0.3, -0.25) is 14.2 Å². The van der Waals surface area contributed by atoms with Crippen molar-refractivity contribution in [3.63, 3.8) is 0 Å². The molecule has 1 aromatic heterocycles. The lowest BCUT2D eigenvalue weighted by Crippen LogP contribution is -2.26. The highest BCUT2D eigenvalue weighted by Gasteiger charge is 2.11. The van der Waals surface area contributed by atoms with E-state index in [4.69, 9.17) is 5.11 Å². The summed E-state index contributed by atoms with van der Waals surface area (Å²) in [5.74, 6) is -1.50. The van der Waals surface area contributed by atoms with E-state index in [1.807, 2.05) is 0 Å². The highest BCUT2D eigenvalue weighted by atomic mass is 16.4. The quantitative estimate of drug-likeness (QED) is 0.753. The molecule has 76 valence electrons. The van der Waals surface area contributed by atoms with E-state index >= 15 is 0 Å². The molecule has 5 heteroatoms. The number of carbonyl (C=O) groups is 1. The molecule has 0 aliphatic heterocycles. The molecule has 0 radical (unpaired) electrons. The summed E-state index contributed by atoms with van der Waals surface area (Å²) in [5.41, 5.74) is 0.417. The van der Waals surface area contributed by atoms with Gasteiger partial charge in [-0.25, -0.2) is 4.98 Å². The van der Waals surface area contributed by atoms with Gasteiger partial charge in [0.1, 0.15) is 0 Å². The van der Waals surface area contributed by atoms with E-state index < -0.39 is 11.9 Å². The number of nitrogens with zero attached hydrogens (tertiary/aromatic N) is 2. The van der Waals surface area contributed by atoms with Crippen molar-refractivity contribution in [3.8, 4) is 0 Å². The highest BCUT2D eigenvalue weighted by molar-refractivity contribution is 5.69. The van der Waals surface area contributed by atoms with Crippen LogP contribution < -0.4 is 5.56 Å². The average molecular weight is 196 g/mol. The number of rotatable bonds is 3. The minimum absolute atomic E-state index is 0.154. The number of aliphatic carboxylic acids is 1. The second kappa shape index (κ2) is 4.04. The van der Waals surface area contributed by atoms with Crippen LogP contribution in [0, 0.1) is 12.8 Å². The van der Waals surface area contributed by atoms with Crippen LogP contribution in [0.4, 0.5) is 0 Å². The molecule has 0 fully saturated rings. The van der Waals surface area contributed by atoms with Gasteiger partial charge in [0.05, 0.1) is 12.2 Å². The fourth-order valence-electron chi connectivity index (χ4n) is 1.03. The van der Waals surface area contributed by atoms with Gasteiger partial charge in [0.15, 0.2) is 0 Å². The maximum atomic E-state index is 11.3. The largest absolute Gasteiger partial charge is 0.481 e. The van der Waals surface area contributed by atoms with Gasteiger partial charge >= 0.3 is 5.97 Å². The average Bonchev–Trinajstić information content (AvgIpc) is 2.09. The van der Waals surface area contributed by atoms with Crippen LogP contribution in [0.15, 0.2) is 17.2 Å². The van der Waals surface area contributed by atoms with Crippen LogP contribution in [-0.4, -0.2) is 20.6 Å². The third-order valence-corrected chi connectivity index (χ3v) is 1.91. The normalized spacial score (nSPS) is 12.4. The molecule has 0 aliphatic rings. The smallest absolute Gasteiger partial charge is 0.308 e. The van der Waals surface area contributed by atoms with E-state index in [0.29, 0.717) is 5.69 Å². The van der Waals surface area contributed by atoms with Crippen LogP contribution in [-0.2, 0) is 11.3 Å². The Morgan fingerprint density at radius 1 is 1.71 bits per heavy atom. The molecule has 0 saturated heterocycles. The Labute approximate surface area is 81.0 Å². The first-order valence-corrected chi connectivity index (χ1v) is 4.26. The summed E-state index contributed by atoms with van der Waals surface area (Å²) in [6.07, 6.45) is 1.37. The standard InChI is InChI=1S/C9H12N2O3/c1-6(9(13)14)4-11-5-10-7(2)3-8(11)12/h3,5-6H,4H2,1-2H3,(H,13,14). The molecule has 0 amide bonds. The van der Waals surface area contributed by atoms with Crippen LogP contribution in [0.3, 0.4) is 0 Å². The van der Waals surface area contributed by atoms with Crippen LogP contribution >= 0.6 is 0 Å². The Morgan fingerprint density at radius 3 is 2.86 bits per heavy atom. The molecular formula is C9H12N2O3. The number of hydrogen-bond donors (Lipinski definition) is 1. The zero-order valence-corrected chi connectivity index (χ0v) is 8.10. The van der Waals surface area contributed by atoms with Gasteiger partial charge in [0, 0.05) is 18.3 Å². The van der Waals surface area contributed by atoms with E-state index in [9.17, 15) is 9.59 Å². The Balaban J connectivity index is 2.88. The maximum Gasteiger partial charge on any atom is 0.308 e. The molecule has 0 aliphatic carbocycles. The first-order chi connectivity index (χ1) is 6.50. The van der Waals surface area contributed by atoms with Gasteiger partial charge in [0.2, 0.25) is 0 Å². The molecule has 0 bridgehead atoms. The summed E-state index contributed by atoms with van der Waals surface area (Å²) in [5, 5.41) is 8.65. The van der Waals surface area contributed by atoms with Crippen molar-refractivity contribution < 1.29 is 9.90 Å². The molecule has 14 heavy (non-hydrogen) atoms. The summed E-state index contributed by atoms with van der Waals surface area (Å²) in [4.78, 5) is 25.8. The van der Waals surface area contributed by atoms with Gasteiger partial charge in [-0.1, -0.05) is 6.92 Å². The molecule has 1 unspecified atom stereocenters. The minimum Gasteiger partial charge on any atom is -0.481 e. The molecule has 1 atom stereocenters. The summed E-state index contributed by atoms with van der Waals surface area (Å²) >= 11 is 0. The van der Waals surface area contributed by atoms with Crippen molar-refractivity contribution in [2.45, 2.75) is 20.4 Å². The molecule has 0 saturated carbocycles. The van der Waals surface area contributed by atoms with E-state index in [1.54, 1.807) is 13.8 Å². The minimum atomic E-state index is -0.919. The fraction of sp³-hybridized carbons (Fsp3) is 0.444. The number of hydrogen-bond acceptors (Lipinski definition) is 3. The highest BCUT2D eigenvalue weighted by Crippen LogP contribution is 1.97.